The number of ether oxygens (including phenoxy) is 3. The number of nitrogens with one attached hydrogen (secondary N) is 1. The molecule has 8 heteroatoms. The van der Waals surface area contributed by atoms with Gasteiger partial charge in [-0.1, -0.05) is 0 Å². The molecular weight excluding hydrogens is 358 g/mol. The highest BCUT2D eigenvalue weighted by molar-refractivity contribution is 5.95. The van der Waals surface area contributed by atoms with Crippen molar-refractivity contribution >= 4 is 18.3 Å². The van der Waals surface area contributed by atoms with Gasteiger partial charge in [0.2, 0.25) is 5.75 Å². The van der Waals surface area contributed by atoms with Crippen LogP contribution in [0.25, 0.3) is 0 Å². The van der Waals surface area contributed by atoms with E-state index < -0.39 is 0 Å². The monoisotopic (exact) mass is 385 g/mol. The van der Waals surface area contributed by atoms with Gasteiger partial charge in [-0.2, -0.15) is 0 Å². The lowest BCUT2D eigenvalue weighted by atomic mass is 10.1. The molecule has 2 aliphatic heterocycles. The molecule has 1 atom stereocenters. The van der Waals surface area contributed by atoms with Crippen molar-refractivity contribution < 1.29 is 19.0 Å². The average Bonchev–Trinajstić information content (AvgIpc) is 3.21. The van der Waals surface area contributed by atoms with Crippen LogP contribution in [0.15, 0.2) is 12.1 Å². The summed E-state index contributed by atoms with van der Waals surface area (Å²) < 4.78 is 16.0. The highest BCUT2D eigenvalue weighted by atomic mass is 35.5. The van der Waals surface area contributed by atoms with Gasteiger partial charge in [0, 0.05) is 44.3 Å². The van der Waals surface area contributed by atoms with Crippen molar-refractivity contribution in [3.8, 4) is 17.2 Å². The summed E-state index contributed by atoms with van der Waals surface area (Å²) in [5.74, 6) is 1.50. The number of nitrogens with zero attached hydrogens (tertiary/aromatic N) is 2. The summed E-state index contributed by atoms with van der Waals surface area (Å²) in [5, 5.41) is 3.40. The average molecular weight is 386 g/mol. The molecule has 0 aliphatic carbocycles. The molecule has 2 aliphatic rings. The Morgan fingerprint density at radius 3 is 2.12 bits per heavy atom. The predicted octanol–water partition coefficient (Wildman–Crippen LogP) is 1.25. The van der Waals surface area contributed by atoms with E-state index in [4.69, 9.17) is 14.2 Å². The van der Waals surface area contributed by atoms with E-state index in [1.165, 1.54) is 6.42 Å². The molecule has 2 heterocycles. The van der Waals surface area contributed by atoms with Gasteiger partial charge in [-0.25, -0.2) is 0 Å². The van der Waals surface area contributed by atoms with Crippen molar-refractivity contribution in [3.63, 3.8) is 0 Å². The predicted molar refractivity (Wildman–Crippen MR) is 102 cm³/mol. The lowest BCUT2D eigenvalue weighted by Crippen LogP contribution is -2.52. The van der Waals surface area contributed by atoms with E-state index in [0.29, 0.717) is 28.9 Å². The highest BCUT2D eigenvalue weighted by Gasteiger charge is 2.29. The summed E-state index contributed by atoms with van der Waals surface area (Å²) in [6.07, 6.45) is 1.20. The smallest absolute Gasteiger partial charge is 0.254 e. The van der Waals surface area contributed by atoms with E-state index in [9.17, 15) is 4.79 Å². The molecule has 146 valence electrons. The zero-order valence-electron chi connectivity index (χ0n) is 15.6. The van der Waals surface area contributed by atoms with E-state index >= 15 is 0 Å². The second-order valence-corrected chi connectivity index (χ2v) is 6.39. The number of hydrogen-bond acceptors (Lipinski definition) is 6. The molecule has 0 aromatic heterocycles. The zero-order valence-corrected chi connectivity index (χ0v) is 16.4. The van der Waals surface area contributed by atoms with Gasteiger partial charge < -0.3 is 24.4 Å². The first kappa shape index (κ1) is 20.6. The Morgan fingerprint density at radius 2 is 1.65 bits per heavy atom. The molecule has 1 amide bonds. The molecule has 1 unspecified atom stereocenters. The molecule has 1 aromatic rings. The number of carbonyl (C=O) groups excluding carboxylic acids is 1. The van der Waals surface area contributed by atoms with E-state index in [-0.39, 0.29) is 18.3 Å². The lowest BCUT2D eigenvalue weighted by Gasteiger charge is -2.37. The first-order chi connectivity index (χ1) is 12.2. The van der Waals surface area contributed by atoms with Gasteiger partial charge in [-0.3, -0.25) is 9.69 Å². The third-order valence-corrected chi connectivity index (χ3v) is 5.06. The van der Waals surface area contributed by atoms with Crippen LogP contribution in [-0.2, 0) is 0 Å². The summed E-state index contributed by atoms with van der Waals surface area (Å²) in [6.45, 7) is 5.47. The number of hydrogen-bond donors (Lipinski definition) is 1. The SMILES string of the molecule is COc1cc(C(=O)N2CCN(C3CCNC3)CC2)cc(OC)c1OC.Cl. The number of carbonyl (C=O) groups is 1. The first-order valence-electron chi connectivity index (χ1n) is 8.72. The van der Waals surface area contributed by atoms with Crippen LogP contribution in [0.1, 0.15) is 16.8 Å². The maximum atomic E-state index is 12.9. The molecule has 0 spiro atoms. The Morgan fingerprint density at radius 1 is 1.04 bits per heavy atom. The van der Waals surface area contributed by atoms with Crippen LogP contribution in [0.5, 0.6) is 17.2 Å². The van der Waals surface area contributed by atoms with Crippen molar-refractivity contribution in [2.75, 3.05) is 60.6 Å². The molecule has 7 nitrogen and oxygen atoms in total. The molecule has 2 fully saturated rings. The van der Waals surface area contributed by atoms with Crippen molar-refractivity contribution in [1.82, 2.24) is 15.1 Å². The largest absolute Gasteiger partial charge is 0.493 e. The number of rotatable bonds is 5. The number of halogens is 1. The standard InChI is InChI=1S/C18H27N3O4.ClH/c1-23-15-10-13(11-16(24-2)17(15)25-3)18(22)21-8-6-20(7-9-21)14-4-5-19-12-14;/h10-11,14,19H,4-9,12H2,1-3H3;1H. The summed E-state index contributed by atoms with van der Waals surface area (Å²) in [5.41, 5.74) is 0.561. The summed E-state index contributed by atoms with van der Waals surface area (Å²) in [6, 6.07) is 4.05. The summed E-state index contributed by atoms with van der Waals surface area (Å²) >= 11 is 0. The van der Waals surface area contributed by atoms with Crippen molar-refractivity contribution in [2.24, 2.45) is 0 Å². The third-order valence-electron chi connectivity index (χ3n) is 5.06. The maximum Gasteiger partial charge on any atom is 0.254 e. The molecule has 2 saturated heterocycles. The lowest BCUT2D eigenvalue weighted by molar-refractivity contribution is 0.0583. The van der Waals surface area contributed by atoms with E-state index in [1.54, 1.807) is 33.5 Å². The van der Waals surface area contributed by atoms with Crippen molar-refractivity contribution in [2.45, 2.75) is 12.5 Å². The van der Waals surface area contributed by atoms with Crippen LogP contribution in [0.2, 0.25) is 0 Å². The van der Waals surface area contributed by atoms with E-state index in [0.717, 1.165) is 39.3 Å². The fourth-order valence-electron chi connectivity index (χ4n) is 3.63. The Balaban J connectivity index is 0.00000243. The number of benzene rings is 1. The van der Waals surface area contributed by atoms with Gasteiger partial charge in [0.15, 0.2) is 11.5 Å². The van der Waals surface area contributed by atoms with Gasteiger partial charge in [0.1, 0.15) is 0 Å². The Kier molecular flexibility index (Phi) is 7.37. The minimum Gasteiger partial charge on any atom is -0.493 e. The quantitative estimate of drug-likeness (QED) is 0.823. The van der Waals surface area contributed by atoms with Crippen LogP contribution in [0.3, 0.4) is 0 Å². The minimum atomic E-state index is 0. The topological polar surface area (TPSA) is 63.3 Å². The van der Waals surface area contributed by atoms with Gasteiger partial charge >= 0.3 is 0 Å². The molecule has 0 radical (unpaired) electrons. The van der Waals surface area contributed by atoms with Crippen LogP contribution < -0.4 is 19.5 Å². The molecule has 0 bridgehead atoms. The zero-order chi connectivity index (χ0) is 17.8. The van der Waals surface area contributed by atoms with Gasteiger partial charge in [-0.05, 0) is 25.1 Å². The van der Waals surface area contributed by atoms with E-state index in [2.05, 4.69) is 10.2 Å². The molecule has 26 heavy (non-hydrogen) atoms. The minimum absolute atomic E-state index is 0. The fourth-order valence-corrected chi connectivity index (χ4v) is 3.63. The number of methoxy groups -OCH3 is 3. The number of piperazine rings is 1. The second kappa shape index (κ2) is 9.30. The molecule has 1 N–H and O–H groups in total. The molecule has 0 saturated carbocycles. The van der Waals surface area contributed by atoms with Gasteiger partial charge in [0.05, 0.1) is 21.3 Å². The highest BCUT2D eigenvalue weighted by Crippen LogP contribution is 2.38. The number of amides is 1. The maximum absolute atomic E-state index is 12.9. The van der Waals surface area contributed by atoms with Crippen LogP contribution in [0, 0.1) is 0 Å². The Bertz CT molecular complexity index is 589. The second-order valence-electron chi connectivity index (χ2n) is 6.39. The van der Waals surface area contributed by atoms with Crippen LogP contribution in [0.4, 0.5) is 0 Å². The normalized spacial score (nSPS) is 20.4. The van der Waals surface area contributed by atoms with Gasteiger partial charge in [0.25, 0.3) is 5.91 Å². The third kappa shape index (κ3) is 4.16. The van der Waals surface area contributed by atoms with Crippen LogP contribution in [-0.4, -0.2) is 82.3 Å². The Labute approximate surface area is 161 Å². The van der Waals surface area contributed by atoms with Crippen LogP contribution >= 0.6 is 12.4 Å². The van der Waals surface area contributed by atoms with Crippen molar-refractivity contribution in [1.29, 1.82) is 0 Å². The summed E-state index contributed by atoms with van der Waals surface area (Å²) in [7, 11) is 4.67. The Hall–Kier alpha value is -1.70. The molecule has 1 aromatic carbocycles. The van der Waals surface area contributed by atoms with Gasteiger partial charge in [-0.15, -0.1) is 12.4 Å². The molecule has 3 rings (SSSR count). The van der Waals surface area contributed by atoms with Crippen molar-refractivity contribution in [3.05, 3.63) is 17.7 Å². The summed E-state index contributed by atoms with van der Waals surface area (Å²) in [4.78, 5) is 17.3. The fraction of sp³-hybridized carbons (Fsp3) is 0.611. The first-order valence-corrected chi connectivity index (χ1v) is 8.72. The van der Waals surface area contributed by atoms with E-state index in [1.807, 2.05) is 4.90 Å². The molecular formula is C18H28ClN3O4.